The van der Waals surface area contributed by atoms with E-state index >= 15 is 0 Å². The number of aryl methyl sites for hydroxylation is 1. The Labute approximate surface area is 87.4 Å². The zero-order valence-electron chi connectivity index (χ0n) is 8.71. The van der Waals surface area contributed by atoms with Crippen LogP contribution in [0.3, 0.4) is 0 Å². The molecule has 4 heteroatoms. The molecule has 1 aromatic carbocycles. The summed E-state index contributed by atoms with van der Waals surface area (Å²) < 4.78 is 13.0. The van der Waals surface area contributed by atoms with E-state index in [0.717, 1.165) is 22.4 Å². The van der Waals surface area contributed by atoms with Crippen molar-refractivity contribution in [2.45, 2.75) is 13.5 Å². The topological polar surface area (TPSA) is 37.8 Å². The fourth-order valence-corrected chi connectivity index (χ4v) is 1.55. The molecular formula is C11H12FN3. The Bertz CT molecular complexity index is 496. The van der Waals surface area contributed by atoms with E-state index in [0.29, 0.717) is 6.54 Å². The van der Waals surface area contributed by atoms with Gasteiger partial charge in [-0.1, -0.05) is 0 Å². The molecular weight excluding hydrogens is 193 g/mol. The minimum absolute atomic E-state index is 0.254. The highest BCUT2D eigenvalue weighted by Crippen LogP contribution is 2.16. The number of aromatic nitrogens is 2. The van der Waals surface area contributed by atoms with Crippen LogP contribution in [0, 0.1) is 12.7 Å². The predicted octanol–water partition coefficient (Wildman–Crippen LogP) is 1.80. The number of fused-ring (bicyclic) bond motifs is 1. The van der Waals surface area contributed by atoms with E-state index in [2.05, 4.69) is 15.3 Å². The molecule has 0 aliphatic heterocycles. The number of rotatable bonds is 2. The van der Waals surface area contributed by atoms with E-state index in [-0.39, 0.29) is 5.82 Å². The maximum atomic E-state index is 13.0. The molecule has 0 unspecified atom stereocenters. The van der Waals surface area contributed by atoms with E-state index in [1.54, 1.807) is 6.07 Å². The van der Waals surface area contributed by atoms with Gasteiger partial charge in [0.05, 0.1) is 12.1 Å². The summed E-state index contributed by atoms with van der Waals surface area (Å²) in [6.07, 6.45) is 0. The minimum atomic E-state index is -0.254. The van der Waals surface area contributed by atoms with Gasteiger partial charge < -0.3 is 5.32 Å². The Balaban J connectivity index is 2.62. The summed E-state index contributed by atoms with van der Waals surface area (Å²) in [5, 5.41) is 3.76. The third-order valence-electron chi connectivity index (χ3n) is 2.23. The second-order valence-corrected chi connectivity index (χ2v) is 3.42. The van der Waals surface area contributed by atoms with Crippen LogP contribution in [0.2, 0.25) is 0 Å². The molecule has 0 aliphatic carbocycles. The first-order valence-corrected chi connectivity index (χ1v) is 4.78. The summed E-state index contributed by atoms with van der Waals surface area (Å²) in [6.45, 7) is 2.48. The number of hydrogen-bond donors (Lipinski definition) is 1. The van der Waals surface area contributed by atoms with Gasteiger partial charge in [0.1, 0.15) is 11.6 Å². The van der Waals surface area contributed by atoms with Crippen LogP contribution in [0.25, 0.3) is 10.9 Å². The summed E-state index contributed by atoms with van der Waals surface area (Å²) >= 11 is 0. The molecule has 0 amide bonds. The average molecular weight is 205 g/mol. The molecule has 78 valence electrons. The van der Waals surface area contributed by atoms with Gasteiger partial charge >= 0.3 is 0 Å². The summed E-state index contributed by atoms with van der Waals surface area (Å²) in [7, 11) is 1.84. The van der Waals surface area contributed by atoms with Gasteiger partial charge in [0.25, 0.3) is 0 Å². The lowest BCUT2D eigenvalue weighted by Gasteiger charge is -2.04. The Hall–Kier alpha value is -1.55. The predicted molar refractivity (Wildman–Crippen MR) is 57.0 cm³/mol. The van der Waals surface area contributed by atoms with Gasteiger partial charge in [0.15, 0.2) is 0 Å². The van der Waals surface area contributed by atoms with E-state index in [1.165, 1.54) is 12.1 Å². The van der Waals surface area contributed by atoms with Gasteiger partial charge in [-0.2, -0.15) is 0 Å². The number of nitrogens with zero attached hydrogens (tertiary/aromatic N) is 2. The Morgan fingerprint density at radius 1 is 1.33 bits per heavy atom. The van der Waals surface area contributed by atoms with Gasteiger partial charge in [-0.3, -0.25) is 0 Å². The largest absolute Gasteiger partial charge is 0.313 e. The quantitative estimate of drug-likeness (QED) is 0.812. The molecule has 0 atom stereocenters. The average Bonchev–Trinajstić information content (AvgIpc) is 2.20. The second-order valence-electron chi connectivity index (χ2n) is 3.42. The van der Waals surface area contributed by atoms with Crippen molar-refractivity contribution >= 4 is 10.9 Å². The highest BCUT2D eigenvalue weighted by Gasteiger charge is 2.04. The normalized spacial score (nSPS) is 10.9. The van der Waals surface area contributed by atoms with Crippen LogP contribution in [-0.4, -0.2) is 17.0 Å². The smallest absolute Gasteiger partial charge is 0.143 e. The van der Waals surface area contributed by atoms with Crippen molar-refractivity contribution in [3.63, 3.8) is 0 Å². The van der Waals surface area contributed by atoms with Crippen LogP contribution in [0.5, 0.6) is 0 Å². The number of benzene rings is 1. The van der Waals surface area contributed by atoms with Gasteiger partial charge in [-0.25, -0.2) is 14.4 Å². The molecule has 0 fully saturated rings. The summed E-state index contributed by atoms with van der Waals surface area (Å²) in [5.41, 5.74) is 1.60. The molecule has 0 spiro atoms. The van der Waals surface area contributed by atoms with Gasteiger partial charge in [0.2, 0.25) is 0 Å². The molecule has 0 saturated carbocycles. The van der Waals surface area contributed by atoms with Crippen molar-refractivity contribution in [3.8, 4) is 0 Å². The van der Waals surface area contributed by atoms with E-state index in [9.17, 15) is 4.39 Å². The third-order valence-corrected chi connectivity index (χ3v) is 2.23. The lowest BCUT2D eigenvalue weighted by molar-refractivity contribution is 0.629. The maximum absolute atomic E-state index is 13.0. The molecule has 2 rings (SSSR count). The van der Waals surface area contributed by atoms with Crippen molar-refractivity contribution in [1.29, 1.82) is 0 Å². The Morgan fingerprint density at radius 2 is 2.13 bits per heavy atom. The zero-order valence-corrected chi connectivity index (χ0v) is 8.71. The molecule has 0 bridgehead atoms. The monoisotopic (exact) mass is 205 g/mol. The van der Waals surface area contributed by atoms with Crippen molar-refractivity contribution in [2.24, 2.45) is 0 Å². The lowest BCUT2D eigenvalue weighted by Crippen LogP contribution is -2.09. The molecule has 3 nitrogen and oxygen atoms in total. The van der Waals surface area contributed by atoms with E-state index in [4.69, 9.17) is 0 Å². The fourth-order valence-electron chi connectivity index (χ4n) is 1.55. The van der Waals surface area contributed by atoms with Crippen LogP contribution >= 0.6 is 0 Å². The van der Waals surface area contributed by atoms with Crippen LogP contribution in [0.15, 0.2) is 18.2 Å². The van der Waals surface area contributed by atoms with Crippen molar-refractivity contribution in [1.82, 2.24) is 15.3 Å². The van der Waals surface area contributed by atoms with E-state index < -0.39 is 0 Å². The molecule has 0 saturated heterocycles. The lowest BCUT2D eigenvalue weighted by atomic mass is 10.2. The van der Waals surface area contributed by atoms with Gasteiger partial charge in [0, 0.05) is 11.1 Å². The highest BCUT2D eigenvalue weighted by atomic mass is 19.1. The summed E-state index contributed by atoms with van der Waals surface area (Å²) in [5.74, 6) is 0.477. The first-order chi connectivity index (χ1) is 7.20. The summed E-state index contributed by atoms with van der Waals surface area (Å²) in [6, 6.07) is 4.56. The molecule has 15 heavy (non-hydrogen) atoms. The fraction of sp³-hybridized carbons (Fsp3) is 0.273. The molecule has 1 N–H and O–H groups in total. The first kappa shape index (κ1) is 9.98. The molecule has 2 aromatic rings. The number of halogens is 1. The Morgan fingerprint density at radius 3 is 2.87 bits per heavy atom. The number of nitrogens with one attached hydrogen (secondary N) is 1. The standard InChI is InChI=1S/C11H12FN3/c1-7-9-5-8(12)3-4-10(9)15-11(14-7)6-13-2/h3-5,13H,6H2,1-2H3. The highest BCUT2D eigenvalue weighted by molar-refractivity contribution is 5.80. The molecule has 1 heterocycles. The number of hydrogen-bond acceptors (Lipinski definition) is 3. The van der Waals surface area contributed by atoms with Gasteiger partial charge in [-0.05, 0) is 32.2 Å². The van der Waals surface area contributed by atoms with Gasteiger partial charge in [-0.15, -0.1) is 0 Å². The SMILES string of the molecule is CNCc1nc(C)c2cc(F)ccc2n1. The zero-order chi connectivity index (χ0) is 10.8. The van der Waals surface area contributed by atoms with Crippen molar-refractivity contribution in [3.05, 3.63) is 35.5 Å². The molecule has 0 radical (unpaired) electrons. The first-order valence-electron chi connectivity index (χ1n) is 4.78. The van der Waals surface area contributed by atoms with E-state index in [1.807, 2.05) is 14.0 Å². The molecule has 1 aromatic heterocycles. The van der Waals surface area contributed by atoms with Crippen LogP contribution < -0.4 is 5.32 Å². The Kier molecular flexibility index (Phi) is 2.60. The van der Waals surface area contributed by atoms with Crippen molar-refractivity contribution in [2.75, 3.05) is 7.05 Å². The minimum Gasteiger partial charge on any atom is -0.313 e. The third kappa shape index (κ3) is 1.94. The maximum Gasteiger partial charge on any atom is 0.143 e. The van der Waals surface area contributed by atoms with Crippen LogP contribution in [0.1, 0.15) is 11.5 Å². The second kappa shape index (κ2) is 3.90. The van der Waals surface area contributed by atoms with Crippen LogP contribution in [-0.2, 0) is 6.54 Å². The van der Waals surface area contributed by atoms with Crippen molar-refractivity contribution < 1.29 is 4.39 Å². The summed E-state index contributed by atoms with van der Waals surface area (Å²) in [4.78, 5) is 8.62. The van der Waals surface area contributed by atoms with Crippen LogP contribution in [0.4, 0.5) is 4.39 Å². The molecule has 0 aliphatic rings.